The molecule has 0 bridgehead atoms. The van der Waals surface area contributed by atoms with Crippen LogP contribution in [0.2, 0.25) is 0 Å². The van der Waals surface area contributed by atoms with Gasteiger partial charge in [0.15, 0.2) is 0 Å². The molecule has 1 atom stereocenters. The van der Waals surface area contributed by atoms with Crippen LogP contribution in [0.5, 0.6) is 5.75 Å². The van der Waals surface area contributed by atoms with Crippen molar-refractivity contribution in [3.8, 4) is 5.75 Å². The lowest BCUT2D eigenvalue weighted by atomic mass is 9.91. The second kappa shape index (κ2) is 5.32. The first-order chi connectivity index (χ1) is 7.81. The number of para-hydroxylation sites is 1. The summed E-state index contributed by atoms with van der Waals surface area (Å²) in [5.74, 6) is 0.565. The molecule has 3 heteroatoms. The van der Waals surface area contributed by atoms with Gasteiger partial charge in [0.25, 0.3) is 0 Å². The molecule has 1 aliphatic rings. The summed E-state index contributed by atoms with van der Waals surface area (Å²) in [6.07, 6.45) is 3.89. The van der Waals surface area contributed by atoms with Crippen LogP contribution in [0.25, 0.3) is 0 Å². The number of hydrogen-bond acceptors (Lipinski definition) is 3. The minimum absolute atomic E-state index is 0.210. The van der Waals surface area contributed by atoms with Gasteiger partial charge in [0.05, 0.1) is 0 Å². The van der Waals surface area contributed by atoms with Crippen molar-refractivity contribution < 1.29 is 5.11 Å². The molecule has 0 spiro atoms. The molecule has 1 saturated carbocycles. The van der Waals surface area contributed by atoms with E-state index in [9.17, 15) is 5.11 Å². The Morgan fingerprint density at radius 1 is 1.38 bits per heavy atom. The minimum atomic E-state index is 0.210. The number of benzene rings is 1. The Morgan fingerprint density at radius 3 is 2.69 bits per heavy atom. The summed E-state index contributed by atoms with van der Waals surface area (Å²) < 4.78 is 0. The van der Waals surface area contributed by atoms with Gasteiger partial charge in [0.2, 0.25) is 0 Å². The number of phenols is 1. The molecule has 1 aromatic carbocycles. The Kier molecular flexibility index (Phi) is 3.80. The van der Waals surface area contributed by atoms with Crippen molar-refractivity contribution in [1.82, 2.24) is 5.32 Å². The van der Waals surface area contributed by atoms with E-state index in [-0.39, 0.29) is 5.92 Å². The van der Waals surface area contributed by atoms with E-state index >= 15 is 0 Å². The second-order valence-electron chi connectivity index (χ2n) is 4.53. The summed E-state index contributed by atoms with van der Waals surface area (Å²) in [5.41, 5.74) is 6.72. The highest BCUT2D eigenvalue weighted by atomic mass is 16.3. The summed E-state index contributed by atoms with van der Waals surface area (Å²) in [6.45, 7) is 1.43. The molecule has 16 heavy (non-hydrogen) atoms. The van der Waals surface area contributed by atoms with Crippen molar-refractivity contribution in [2.75, 3.05) is 13.1 Å². The lowest BCUT2D eigenvalue weighted by molar-refractivity contribution is 0.331. The molecule has 0 aliphatic heterocycles. The zero-order valence-corrected chi connectivity index (χ0v) is 9.52. The van der Waals surface area contributed by atoms with Crippen molar-refractivity contribution in [3.63, 3.8) is 0 Å². The molecule has 1 unspecified atom stereocenters. The SMILES string of the molecule is NCC(CNC1CCC1)c1ccccc1O. The summed E-state index contributed by atoms with van der Waals surface area (Å²) in [6, 6.07) is 8.13. The van der Waals surface area contributed by atoms with Crippen LogP contribution >= 0.6 is 0 Å². The predicted molar refractivity (Wildman–Crippen MR) is 65.5 cm³/mol. The Labute approximate surface area is 96.7 Å². The van der Waals surface area contributed by atoms with E-state index in [1.165, 1.54) is 19.3 Å². The Bertz CT molecular complexity index is 336. The quantitative estimate of drug-likeness (QED) is 0.706. The minimum Gasteiger partial charge on any atom is -0.508 e. The summed E-state index contributed by atoms with van der Waals surface area (Å²) in [7, 11) is 0. The highest BCUT2D eigenvalue weighted by Gasteiger charge is 2.19. The third-order valence-corrected chi connectivity index (χ3v) is 3.42. The van der Waals surface area contributed by atoms with Gasteiger partial charge in [-0.05, 0) is 24.5 Å². The largest absolute Gasteiger partial charge is 0.508 e. The number of nitrogens with one attached hydrogen (secondary N) is 1. The van der Waals surface area contributed by atoms with E-state index < -0.39 is 0 Å². The standard InChI is InChI=1S/C13H20N2O/c14-8-10(9-15-11-4-3-5-11)12-6-1-2-7-13(12)16/h1-2,6-7,10-11,15-16H,3-5,8-9,14H2. The van der Waals surface area contributed by atoms with E-state index in [1.807, 2.05) is 18.2 Å². The van der Waals surface area contributed by atoms with Crippen LogP contribution in [0.4, 0.5) is 0 Å². The molecule has 0 saturated heterocycles. The van der Waals surface area contributed by atoms with Crippen molar-refractivity contribution in [1.29, 1.82) is 0 Å². The molecule has 0 amide bonds. The highest BCUT2D eigenvalue weighted by Crippen LogP contribution is 2.25. The third-order valence-electron chi connectivity index (χ3n) is 3.42. The van der Waals surface area contributed by atoms with Gasteiger partial charge in [0.1, 0.15) is 5.75 Å². The van der Waals surface area contributed by atoms with Crippen LogP contribution in [0, 0.1) is 0 Å². The normalized spacial score (nSPS) is 18.1. The fourth-order valence-electron chi connectivity index (χ4n) is 2.07. The van der Waals surface area contributed by atoms with E-state index in [2.05, 4.69) is 5.32 Å². The van der Waals surface area contributed by atoms with Crippen LogP contribution < -0.4 is 11.1 Å². The lowest BCUT2D eigenvalue weighted by Gasteiger charge is -2.29. The van der Waals surface area contributed by atoms with Crippen LogP contribution in [0.3, 0.4) is 0 Å². The van der Waals surface area contributed by atoms with Gasteiger partial charge in [-0.2, -0.15) is 0 Å². The molecular weight excluding hydrogens is 200 g/mol. The second-order valence-corrected chi connectivity index (χ2v) is 4.53. The number of hydrogen-bond donors (Lipinski definition) is 3. The van der Waals surface area contributed by atoms with Crippen molar-refractivity contribution >= 4 is 0 Å². The highest BCUT2D eigenvalue weighted by molar-refractivity contribution is 5.35. The van der Waals surface area contributed by atoms with Crippen LogP contribution in [0.1, 0.15) is 30.7 Å². The van der Waals surface area contributed by atoms with Crippen LogP contribution in [-0.4, -0.2) is 24.2 Å². The summed E-state index contributed by atoms with van der Waals surface area (Å²) in [4.78, 5) is 0. The van der Waals surface area contributed by atoms with E-state index in [1.54, 1.807) is 6.07 Å². The molecule has 88 valence electrons. The number of nitrogens with two attached hydrogens (primary N) is 1. The van der Waals surface area contributed by atoms with Crippen molar-refractivity contribution in [2.45, 2.75) is 31.2 Å². The van der Waals surface area contributed by atoms with Gasteiger partial charge in [-0.15, -0.1) is 0 Å². The van der Waals surface area contributed by atoms with Crippen LogP contribution in [-0.2, 0) is 0 Å². The van der Waals surface area contributed by atoms with Crippen molar-refractivity contribution in [2.24, 2.45) is 5.73 Å². The zero-order valence-electron chi connectivity index (χ0n) is 9.52. The zero-order chi connectivity index (χ0) is 11.4. The molecule has 1 aliphatic carbocycles. The van der Waals surface area contributed by atoms with Gasteiger partial charge < -0.3 is 16.2 Å². The predicted octanol–water partition coefficient (Wildman–Crippen LogP) is 1.58. The molecule has 1 fully saturated rings. The smallest absolute Gasteiger partial charge is 0.119 e. The third kappa shape index (κ3) is 2.54. The van der Waals surface area contributed by atoms with E-state index in [0.29, 0.717) is 18.3 Å². The first-order valence-electron chi connectivity index (χ1n) is 6.02. The Hall–Kier alpha value is -1.06. The fraction of sp³-hybridized carbons (Fsp3) is 0.538. The molecule has 4 N–H and O–H groups in total. The maximum Gasteiger partial charge on any atom is 0.119 e. The summed E-state index contributed by atoms with van der Waals surface area (Å²) in [5, 5.41) is 13.3. The molecule has 0 heterocycles. The average Bonchev–Trinajstić information content (AvgIpc) is 2.23. The van der Waals surface area contributed by atoms with Gasteiger partial charge in [-0.3, -0.25) is 0 Å². The maximum absolute atomic E-state index is 9.77. The lowest BCUT2D eigenvalue weighted by Crippen LogP contribution is -2.39. The molecular formula is C13H20N2O. The monoisotopic (exact) mass is 220 g/mol. The van der Waals surface area contributed by atoms with Gasteiger partial charge in [-0.25, -0.2) is 0 Å². The van der Waals surface area contributed by atoms with Gasteiger partial charge in [0, 0.05) is 25.0 Å². The molecule has 0 aromatic heterocycles. The molecule has 0 radical (unpaired) electrons. The van der Waals surface area contributed by atoms with Crippen molar-refractivity contribution in [3.05, 3.63) is 29.8 Å². The molecule has 2 rings (SSSR count). The summed E-state index contributed by atoms with van der Waals surface area (Å²) >= 11 is 0. The Balaban J connectivity index is 1.95. The van der Waals surface area contributed by atoms with E-state index in [0.717, 1.165) is 12.1 Å². The van der Waals surface area contributed by atoms with Gasteiger partial charge >= 0.3 is 0 Å². The van der Waals surface area contributed by atoms with Crippen LogP contribution in [0.15, 0.2) is 24.3 Å². The molecule has 1 aromatic rings. The molecule has 3 nitrogen and oxygen atoms in total. The number of rotatable bonds is 5. The number of aromatic hydroxyl groups is 1. The fourth-order valence-corrected chi connectivity index (χ4v) is 2.07. The Morgan fingerprint density at radius 2 is 2.12 bits per heavy atom. The van der Waals surface area contributed by atoms with E-state index in [4.69, 9.17) is 5.73 Å². The average molecular weight is 220 g/mol. The topological polar surface area (TPSA) is 58.3 Å². The first-order valence-corrected chi connectivity index (χ1v) is 6.02. The number of phenolic OH excluding ortho intramolecular Hbond substituents is 1. The maximum atomic E-state index is 9.77. The van der Waals surface area contributed by atoms with Gasteiger partial charge in [-0.1, -0.05) is 24.6 Å². The first kappa shape index (κ1) is 11.4.